The Morgan fingerprint density at radius 2 is 0.982 bits per heavy atom. The van der Waals surface area contributed by atoms with Crippen molar-refractivity contribution in [2.24, 2.45) is 5.92 Å². The highest BCUT2D eigenvalue weighted by atomic mass is 16.2. The highest BCUT2D eigenvalue weighted by molar-refractivity contribution is 6.11. The number of amides is 1. The molecule has 0 saturated heterocycles. The van der Waals surface area contributed by atoms with Crippen LogP contribution in [-0.4, -0.2) is 21.1 Å². The molecule has 1 aliphatic rings. The van der Waals surface area contributed by atoms with Crippen molar-refractivity contribution in [3.63, 3.8) is 0 Å². The minimum atomic E-state index is -0.101. The Kier molecular flexibility index (Phi) is 7.85. The van der Waals surface area contributed by atoms with Crippen molar-refractivity contribution in [3.8, 4) is 22.5 Å². The average Bonchev–Trinajstić information content (AvgIpc) is 3.74. The first kappa shape index (κ1) is 32.7. The van der Waals surface area contributed by atoms with Crippen LogP contribution in [0.1, 0.15) is 19.4 Å². The Labute approximate surface area is 320 Å². The van der Waals surface area contributed by atoms with Crippen molar-refractivity contribution in [3.05, 3.63) is 194 Å². The first-order chi connectivity index (χ1) is 27.0. The number of carbonyl (C=O) groups excluding carboxylic acids is 1. The molecule has 9 aromatic rings. The van der Waals surface area contributed by atoms with Gasteiger partial charge in [0.25, 0.3) is 0 Å². The molecule has 4 heteroatoms. The molecule has 0 bridgehead atoms. The van der Waals surface area contributed by atoms with Gasteiger partial charge in [-0.3, -0.25) is 4.79 Å². The molecule has 2 heterocycles. The van der Waals surface area contributed by atoms with E-state index in [0.29, 0.717) is 0 Å². The van der Waals surface area contributed by atoms with E-state index in [-0.39, 0.29) is 17.9 Å². The van der Waals surface area contributed by atoms with E-state index in [9.17, 15) is 4.79 Å². The number of carbonyl (C=O) groups is 1. The summed E-state index contributed by atoms with van der Waals surface area (Å²) in [5.41, 5.74) is 12.6. The van der Waals surface area contributed by atoms with Crippen LogP contribution in [0, 0.1) is 5.92 Å². The van der Waals surface area contributed by atoms with Crippen LogP contribution in [0.2, 0.25) is 0 Å². The SMILES string of the molecule is CC(=O)N(c1ccc(-c2ccc3c(c2)c2ccccc2n3-c2ccccc2)cc1)C1C=CC(c2ccc3c(c2)c2ccccc2n3-c2ccccc2)=CC1C. The maximum absolute atomic E-state index is 13.3. The molecule has 0 radical (unpaired) electrons. The summed E-state index contributed by atoms with van der Waals surface area (Å²) in [6.07, 6.45) is 6.70. The second kappa shape index (κ2) is 13.2. The third kappa shape index (κ3) is 5.49. The minimum absolute atomic E-state index is 0.0244. The molecule has 264 valence electrons. The van der Waals surface area contributed by atoms with Crippen molar-refractivity contribution in [1.82, 2.24) is 9.13 Å². The van der Waals surface area contributed by atoms with E-state index in [1.54, 1.807) is 6.92 Å². The maximum Gasteiger partial charge on any atom is 0.224 e. The first-order valence-electron chi connectivity index (χ1n) is 19.0. The fourth-order valence-electron chi connectivity index (χ4n) is 8.72. The zero-order valence-corrected chi connectivity index (χ0v) is 30.8. The largest absolute Gasteiger partial charge is 0.309 e. The van der Waals surface area contributed by atoms with Gasteiger partial charge in [-0.05, 0) is 101 Å². The number of aromatic nitrogens is 2. The quantitative estimate of drug-likeness (QED) is 0.169. The molecule has 1 aliphatic carbocycles. The van der Waals surface area contributed by atoms with Crippen LogP contribution in [0.3, 0.4) is 0 Å². The maximum atomic E-state index is 13.3. The number of benzene rings is 7. The van der Waals surface area contributed by atoms with E-state index in [4.69, 9.17) is 0 Å². The van der Waals surface area contributed by atoms with Gasteiger partial charge in [0.2, 0.25) is 5.91 Å². The van der Waals surface area contributed by atoms with Gasteiger partial charge < -0.3 is 14.0 Å². The topological polar surface area (TPSA) is 30.2 Å². The van der Waals surface area contributed by atoms with E-state index in [2.05, 4.69) is 204 Å². The first-order valence-corrected chi connectivity index (χ1v) is 19.0. The Hall–Kier alpha value is -6.91. The van der Waals surface area contributed by atoms with Gasteiger partial charge in [-0.15, -0.1) is 0 Å². The third-order valence-corrected chi connectivity index (χ3v) is 11.3. The van der Waals surface area contributed by atoms with Gasteiger partial charge in [0.1, 0.15) is 0 Å². The summed E-state index contributed by atoms with van der Waals surface area (Å²) in [6.45, 7) is 3.87. The molecule has 0 aliphatic heterocycles. The van der Waals surface area contributed by atoms with E-state index in [0.717, 1.165) is 28.2 Å². The molecule has 1 amide bonds. The second-order valence-electron chi connectivity index (χ2n) is 14.6. The van der Waals surface area contributed by atoms with Gasteiger partial charge in [0, 0.05) is 45.5 Å². The number of fused-ring (bicyclic) bond motifs is 6. The summed E-state index contributed by atoms with van der Waals surface area (Å²) in [6, 6.07) is 60.2. The predicted octanol–water partition coefficient (Wildman–Crippen LogP) is 12.6. The molecule has 0 spiro atoms. The molecule has 7 aromatic carbocycles. The number of allylic oxidation sites excluding steroid dienone is 2. The van der Waals surface area contributed by atoms with Crippen molar-refractivity contribution in [1.29, 1.82) is 0 Å². The lowest BCUT2D eigenvalue weighted by Crippen LogP contribution is -2.42. The van der Waals surface area contributed by atoms with Crippen LogP contribution in [0.25, 0.3) is 71.7 Å². The Bertz CT molecular complexity index is 2970. The summed E-state index contributed by atoms with van der Waals surface area (Å²) in [5.74, 6) is 0.130. The van der Waals surface area contributed by atoms with Gasteiger partial charge in [-0.1, -0.05) is 122 Å². The molecule has 2 aromatic heterocycles. The normalized spacial score (nSPS) is 15.6. The van der Waals surface area contributed by atoms with E-state index >= 15 is 0 Å². The van der Waals surface area contributed by atoms with Crippen molar-refractivity contribution >= 4 is 60.8 Å². The van der Waals surface area contributed by atoms with Gasteiger partial charge in [-0.25, -0.2) is 0 Å². The molecule has 0 N–H and O–H groups in total. The van der Waals surface area contributed by atoms with Crippen LogP contribution in [0.15, 0.2) is 188 Å². The Morgan fingerprint density at radius 1 is 0.509 bits per heavy atom. The zero-order chi connectivity index (χ0) is 37.0. The predicted molar refractivity (Wildman–Crippen MR) is 230 cm³/mol. The van der Waals surface area contributed by atoms with Crippen LogP contribution >= 0.6 is 0 Å². The van der Waals surface area contributed by atoms with Gasteiger partial charge in [0.15, 0.2) is 0 Å². The number of hydrogen-bond donors (Lipinski definition) is 0. The lowest BCUT2D eigenvalue weighted by atomic mass is 9.88. The second-order valence-corrected chi connectivity index (χ2v) is 14.6. The van der Waals surface area contributed by atoms with Crippen LogP contribution in [0.5, 0.6) is 0 Å². The van der Waals surface area contributed by atoms with Gasteiger partial charge in [-0.2, -0.15) is 0 Å². The molecule has 4 nitrogen and oxygen atoms in total. The van der Waals surface area contributed by atoms with Crippen LogP contribution in [-0.2, 0) is 4.79 Å². The van der Waals surface area contributed by atoms with Crippen LogP contribution < -0.4 is 4.90 Å². The summed E-state index contributed by atoms with van der Waals surface area (Å²) in [4.78, 5) is 15.3. The molecule has 2 atom stereocenters. The number of nitrogens with zero attached hydrogens (tertiary/aromatic N) is 3. The van der Waals surface area contributed by atoms with Gasteiger partial charge in [0.05, 0.1) is 28.1 Å². The summed E-state index contributed by atoms with van der Waals surface area (Å²) in [5, 5.41) is 4.91. The fraction of sp³-hybridized carbons (Fsp3) is 0.0784. The Morgan fingerprint density at radius 3 is 1.53 bits per heavy atom. The lowest BCUT2D eigenvalue weighted by molar-refractivity contribution is -0.117. The lowest BCUT2D eigenvalue weighted by Gasteiger charge is -2.34. The molecule has 0 saturated carbocycles. The smallest absolute Gasteiger partial charge is 0.224 e. The minimum Gasteiger partial charge on any atom is -0.309 e. The monoisotopic (exact) mass is 709 g/mol. The van der Waals surface area contributed by atoms with Crippen molar-refractivity contribution < 1.29 is 4.79 Å². The van der Waals surface area contributed by atoms with E-state index < -0.39 is 0 Å². The number of para-hydroxylation sites is 4. The van der Waals surface area contributed by atoms with Crippen LogP contribution in [0.4, 0.5) is 5.69 Å². The average molecular weight is 710 g/mol. The highest BCUT2D eigenvalue weighted by Crippen LogP contribution is 2.38. The molecule has 0 fully saturated rings. The van der Waals surface area contributed by atoms with Gasteiger partial charge >= 0.3 is 0 Å². The number of hydrogen-bond acceptors (Lipinski definition) is 1. The molecular weight excluding hydrogens is 671 g/mol. The number of rotatable bonds is 6. The summed E-state index contributed by atoms with van der Waals surface area (Å²) in [7, 11) is 0. The summed E-state index contributed by atoms with van der Waals surface area (Å²) >= 11 is 0. The molecule has 55 heavy (non-hydrogen) atoms. The van der Waals surface area contributed by atoms with E-state index in [1.165, 1.54) is 54.7 Å². The number of anilines is 1. The highest BCUT2D eigenvalue weighted by Gasteiger charge is 2.28. The van der Waals surface area contributed by atoms with Crippen molar-refractivity contribution in [2.45, 2.75) is 19.9 Å². The fourth-order valence-corrected chi connectivity index (χ4v) is 8.72. The van der Waals surface area contributed by atoms with E-state index in [1.807, 2.05) is 4.90 Å². The zero-order valence-electron chi connectivity index (χ0n) is 30.8. The van der Waals surface area contributed by atoms with Crippen molar-refractivity contribution in [2.75, 3.05) is 4.90 Å². The standard InChI is InChI=1S/C51H39N3O/c1-34-31-37(39-25-30-51-46(33-39)44-18-10-12-20-49(44)54(51)41-15-7-4-8-16-41)23-28-47(34)52(35(2)55)42-26-21-36(22-27-42)38-24-29-50-45(32-38)43-17-9-11-19-48(43)53(50)40-13-5-3-6-14-40/h3-34,47H,1-2H3. The third-order valence-electron chi connectivity index (χ3n) is 11.3. The molecular formula is C51H39N3O. The molecule has 10 rings (SSSR count). The summed E-state index contributed by atoms with van der Waals surface area (Å²) < 4.78 is 4.68. The molecule has 2 unspecified atom stereocenters. The Balaban J connectivity index is 0.948.